The summed E-state index contributed by atoms with van der Waals surface area (Å²) in [7, 11) is 0. The Labute approximate surface area is 210 Å². The van der Waals surface area contributed by atoms with Gasteiger partial charge in [0.05, 0.1) is 12.2 Å². The maximum atomic E-state index is 13.1. The first-order valence-electron chi connectivity index (χ1n) is 11.5. The molecule has 35 heavy (non-hydrogen) atoms. The summed E-state index contributed by atoms with van der Waals surface area (Å²) in [5.74, 6) is 2.03. The quantitative estimate of drug-likeness (QED) is 0.368. The lowest BCUT2D eigenvalue weighted by Crippen LogP contribution is -2.14. The Morgan fingerprint density at radius 2 is 1.86 bits per heavy atom. The van der Waals surface area contributed by atoms with Gasteiger partial charge in [0.25, 0.3) is 0 Å². The highest BCUT2D eigenvalue weighted by atomic mass is 35.5. The van der Waals surface area contributed by atoms with Crippen molar-refractivity contribution in [3.05, 3.63) is 92.7 Å². The number of allylic oxidation sites excluding steroid dienone is 1. The zero-order valence-electron chi connectivity index (χ0n) is 20.2. The third kappa shape index (κ3) is 4.79. The molecule has 3 aromatic rings. The van der Waals surface area contributed by atoms with Gasteiger partial charge in [-0.2, -0.15) is 0 Å². The molecule has 3 aromatic carbocycles. The zero-order chi connectivity index (χ0) is 24.7. The summed E-state index contributed by atoms with van der Waals surface area (Å²) < 4.78 is 23.0. The summed E-state index contributed by atoms with van der Waals surface area (Å²) in [5, 5.41) is 0.598. The van der Waals surface area contributed by atoms with Crippen molar-refractivity contribution in [3.8, 4) is 17.2 Å². The van der Waals surface area contributed by atoms with Gasteiger partial charge in [0.2, 0.25) is 5.78 Å². The summed E-state index contributed by atoms with van der Waals surface area (Å²) in [4.78, 5) is 13.1. The Morgan fingerprint density at radius 1 is 1.09 bits per heavy atom. The van der Waals surface area contributed by atoms with Gasteiger partial charge in [-0.1, -0.05) is 56.6 Å². The van der Waals surface area contributed by atoms with Gasteiger partial charge in [-0.25, -0.2) is 0 Å². The second-order valence-electron chi connectivity index (χ2n) is 9.88. The Bertz CT molecular complexity index is 1330. The molecule has 5 nitrogen and oxygen atoms in total. The van der Waals surface area contributed by atoms with Gasteiger partial charge in [-0.05, 0) is 53.3 Å². The van der Waals surface area contributed by atoms with Gasteiger partial charge in [0.1, 0.15) is 23.9 Å². The normalized spacial score (nSPS) is 15.9. The Kier molecular flexibility index (Phi) is 6.07. The van der Waals surface area contributed by atoms with E-state index in [4.69, 9.17) is 30.5 Å². The summed E-state index contributed by atoms with van der Waals surface area (Å²) in [6.45, 7) is 9.31. The maximum absolute atomic E-state index is 13.1. The highest BCUT2D eigenvalue weighted by Crippen LogP contribution is 2.39. The van der Waals surface area contributed by atoms with Crippen molar-refractivity contribution < 1.29 is 23.7 Å². The molecule has 0 saturated heterocycles. The van der Waals surface area contributed by atoms with Crippen molar-refractivity contribution in [2.45, 2.75) is 46.3 Å². The third-order valence-electron chi connectivity index (χ3n) is 6.16. The minimum atomic E-state index is -0.124. The highest BCUT2D eigenvalue weighted by Gasteiger charge is 2.30. The second kappa shape index (κ2) is 9.06. The summed E-state index contributed by atoms with van der Waals surface area (Å²) in [5.41, 5.74) is 5.31. The lowest BCUT2D eigenvalue weighted by Gasteiger charge is -2.21. The predicted molar refractivity (Wildman–Crippen MR) is 135 cm³/mol. The van der Waals surface area contributed by atoms with E-state index in [9.17, 15) is 4.79 Å². The van der Waals surface area contributed by atoms with E-state index >= 15 is 0 Å². The summed E-state index contributed by atoms with van der Waals surface area (Å²) in [6.07, 6.45) is 1.78. The van der Waals surface area contributed by atoms with E-state index in [2.05, 4.69) is 32.9 Å². The van der Waals surface area contributed by atoms with E-state index in [0.717, 1.165) is 28.0 Å². The Hall–Kier alpha value is -3.28. The fourth-order valence-electron chi connectivity index (χ4n) is 4.32. The lowest BCUT2D eigenvalue weighted by molar-refractivity contribution is -0.0175. The first-order chi connectivity index (χ1) is 16.7. The number of aryl methyl sites for hydroxylation is 1. The molecule has 180 valence electrons. The molecule has 5 rings (SSSR count). The molecule has 0 amide bonds. The zero-order valence-corrected chi connectivity index (χ0v) is 21.0. The molecule has 0 aromatic heterocycles. The van der Waals surface area contributed by atoms with E-state index in [1.807, 2.05) is 37.3 Å². The van der Waals surface area contributed by atoms with Crippen molar-refractivity contribution in [3.63, 3.8) is 0 Å². The number of hydrogen-bond donors (Lipinski definition) is 0. The Morgan fingerprint density at radius 3 is 2.60 bits per heavy atom. The van der Waals surface area contributed by atoms with Crippen LogP contribution in [0.5, 0.6) is 17.2 Å². The SMILES string of the molecule is Cc1cc(OCc2cc(Cl)cc3c2OCOC3)cc2c1C(=O)/C(=C/c1ccc(C(C)(C)C)cc1)O2. The lowest BCUT2D eigenvalue weighted by atomic mass is 9.86. The highest BCUT2D eigenvalue weighted by molar-refractivity contribution is 6.30. The van der Waals surface area contributed by atoms with Crippen LogP contribution in [0.25, 0.3) is 6.08 Å². The van der Waals surface area contributed by atoms with E-state index in [1.54, 1.807) is 12.1 Å². The van der Waals surface area contributed by atoms with E-state index in [0.29, 0.717) is 34.5 Å². The van der Waals surface area contributed by atoms with Gasteiger partial charge < -0.3 is 18.9 Å². The number of fused-ring (bicyclic) bond motifs is 2. The molecule has 2 aliphatic rings. The minimum absolute atomic E-state index is 0.0688. The molecular weight excluding hydrogens is 464 g/mol. The summed E-state index contributed by atoms with van der Waals surface area (Å²) >= 11 is 6.26. The summed E-state index contributed by atoms with van der Waals surface area (Å²) in [6, 6.07) is 15.5. The van der Waals surface area contributed by atoms with Crippen LogP contribution in [0.3, 0.4) is 0 Å². The van der Waals surface area contributed by atoms with Crippen molar-refractivity contribution in [1.29, 1.82) is 0 Å². The number of hydrogen-bond acceptors (Lipinski definition) is 5. The van der Waals surface area contributed by atoms with Crippen LogP contribution in [-0.4, -0.2) is 12.6 Å². The van der Waals surface area contributed by atoms with Crippen molar-refractivity contribution >= 4 is 23.5 Å². The minimum Gasteiger partial charge on any atom is -0.489 e. The van der Waals surface area contributed by atoms with Crippen LogP contribution in [0.2, 0.25) is 5.02 Å². The first-order valence-corrected chi connectivity index (χ1v) is 11.9. The number of carbonyl (C=O) groups excluding carboxylic acids is 1. The topological polar surface area (TPSA) is 54.0 Å². The number of halogens is 1. The monoisotopic (exact) mass is 490 g/mol. The number of rotatable bonds is 4. The molecule has 0 fully saturated rings. The van der Waals surface area contributed by atoms with Gasteiger partial charge in [0, 0.05) is 22.2 Å². The molecule has 0 saturated carbocycles. The average molecular weight is 491 g/mol. The van der Waals surface area contributed by atoms with Crippen LogP contribution >= 0.6 is 11.6 Å². The molecule has 0 unspecified atom stereocenters. The molecule has 2 heterocycles. The number of ketones is 1. The number of Topliss-reactive ketones (excluding diaryl/α,β-unsaturated/α-hetero) is 1. The van der Waals surface area contributed by atoms with Gasteiger partial charge in [-0.15, -0.1) is 0 Å². The molecule has 0 spiro atoms. The van der Waals surface area contributed by atoms with Gasteiger partial charge in [-0.3, -0.25) is 4.79 Å². The van der Waals surface area contributed by atoms with E-state index in [1.165, 1.54) is 5.56 Å². The standard InChI is InChI=1S/C29H27ClO5/c1-17-9-23(33-15-20-12-22(30)11-19-14-32-16-34-28(19)20)13-24-26(17)27(31)25(35-24)10-18-5-7-21(8-6-18)29(2,3)4/h5-13H,14-16H2,1-4H3/b25-10-. The largest absolute Gasteiger partial charge is 0.489 e. The van der Waals surface area contributed by atoms with Crippen molar-refractivity contribution in [2.75, 3.05) is 6.79 Å². The third-order valence-corrected chi connectivity index (χ3v) is 6.38. The van der Waals surface area contributed by atoms with Crippen molar-refractivity contribution in [2.24, 2.45) is 0 Å². The van der Waals surface area contributed by atoms with E-state index in [-0.39, 0.29) is 24.6 Å². The smallest absolute Gasteiger partial charge is 0.232 e. The van der Waals surface area contributed by atoms with Crippen LogP contribution in [-0.2, 0) is 23.4 Å². The fourth-order valence-corrected chi connectivity index (χ4v) is 4.58. The number of ether oxygens (including phenoxy) is 4. The van der Waals surface area contributed by atoms with Crippen LogP contribution in [0, 0.1) is 6.92 Å². The van der Waals surface area contributed by atoms with Crippen LogP contribution in [0.15, 0.2) is 54.3 Å². The van der Waals surface area contributed by atoms with E-state index < -0.39 is 0 Å². The van der Waals surface area contributed by atoms with Crippen LogP contribution in [0.1, 0.15) is 58.9 Å². The Balaban J connectivity index is 1.36. The van der Waals surface area contributed by atoms with Crippen LogP contribution in [0.4, 0.5) is 0 Å². The number of benzene rings is 3. The predicted octanol–water partition coefficient (Wildman–Crippen LogP) is 7.01. The molecule has 0 aliphatic carbocycles. The molecule has 0 atom stereocenters. The first kappa shape index (κ1) is 23.5. The molecule has 2 aliphatic heterocycles. The average Bonchev–Trinajstić information content (AvgIpc) is 3.12. The van der Waals surface area contributed by atoms with Crippen molar-refractivity contribution in [1.82, 2.24) is 0 Å². The van der Waals surface area contributed by atoms with Gasteiger partial charge >= 0.3 is 0 Å². The van der Waals surface area contributed by atoms with Gasteiger partial charge in [0.15, 0.2) is 12.6 Å². The maximum Gasteiger partial charge on any atom is 0.232 e. The molecule has 6 heteroatoms. The molecule has 0 radical (unpaired) electrons. The van der Waals surface area contributed by atoms with Crippen LogP contribution < -0.4 is 14.2 Å². The molecular formula is C29H27ClO5. The molecule has 0 bridgehead atoms. The molecule has 0 N–H and O–H groups in total. The fraction of sp³-hybridized carbons (Fsp3) is 0.276. The second-order valence-corrected chi connectivity index (χ2v) is 10.3. The number of carbonyl (C=O) groups is 1.